The first-order valence-electron chi connectivity index (χ1n) is 2.76. The Hall–Kier alpha value is -0.570. The van der Waals surface area contributed by atoms with Crippen molar-refractivity contribution < 1.29 is 4.79 Å². The Morgan fingerprint density at radius 3 is 2.62 bits per heavy atom. The molecule has 0 spiro atoms. The van der Waals surface area contributed by atoms with Gasteiger partial charge in [-0.2, -0.15) is 0 Å². The van der Waals surface area contributed by atoms with Gasteiger partial charge in [-0.15, -0.1) is 0 Å². The first-order chi connectivity index (χ1) is 3.70. The Kier molecular flexibility index (Phi) is 1.21. The maximum Gasteiger partial charge on any atom is 0.237 e. The number of hydrogen-bond donors (Lipinski definition) is 2. The van der Waals surface area contributed by atoms with E-state index in [4.69, 9.17) is 5.73 Å². The number of hydrogen-bond acceptors (Lipinski definition) is 2. The van der Waals surface area contributed by atoms with Gasteiger partial charge in [-0.05, 0) is 13.3 Å². The lowest BCUT2D eigenvalue weighted by Crippen LogP contribution is -2.30. The average Bonchev–Trinajstić information content (AvgIpc) is 1.85. The summed E-state index contributed by atoms with van der Waals surface area (Å²) in [5.41, 5.74) is 5.36. The van der Waals surface area contributed by atoms with Crippen LogP contribution in [0.15, 0.2) is 0 Å². The molecule has 0 saturated carbocycles. The summed E-state index contributed by atoms with van der Waals surface area (Å²) in [5.74, 6) is -0.0162. The van der Waals surface area contributed by atoms with Crippen LogP contribution in [0.2, 0.25) is 0 Å². The highest BCUT2D eigenvalue weighted by Gasteiger charge is 2.24. The summed E-state index contributed by atoms with van der Waals surface area (Å²) in [6.07, 6.45) is 0.777. The highest BCUT2D eigenvalue weighted by molar-refractivity contribution is 5.83. The van der Waals surface area contributed by atoms with Crippen LogP contribution in [0.1, 0.15) is 13.3 Å². The smallest absolute Gasteiger partial charge is 0.237 e. The lowest BCUT2D eigenvalue weighted by Gasteiger charge is -1.95. The molecule has 8 heavy (non-hydrogen) atoms. The van der Waals surface area contributed by atoms with Crippen molar-refractivity contribution >= 4 is 5.91 Å². The molecule has 0 radical (unpaired) electrons. The van der Waals surface area contributed by atoms with Crippen LogP contribution in [-0.4, -0.2) is 18.0 Å². The van der Waals surface area contributed by atoms with E-state index in [-0.39, 0.29) is 18.0 Å². The van der Waals surface area contributed by atoms with E-state index >= 15 is 0 Å². The summed E-state index contributed by atoms with van der Waals surface area (Å²) in [4.78, 5) is 10.5. The SMILES string of the molecule is C[C@@H]1C[C@@H](N)C(=O)N1. The van der Waals surface area contributed by atoms with Crippen LogP contribution >= 0.6 is 0 Å². The molecule has 2 atom stereocenters. The molecule has 0 aromatic carbocycles. The summed E-state index contributed by atoms with van der Waals surface area (Å²) >= 11 is 0. The molecule has 1 aliphatic rings. The van der Waals surface area contributed by atoms with Gasteiger partial charge in [0.05, 0.1) is 6.04 Å². The minimum atomic E-state index is -0.259. The van der Waals surface area contributed by atoms with Crippen LogP contribution < -0.4 is 11.1 Å². The fraction of sp³-hybridized carbons (Fsp3) is 0.800. The van der Waals surface area contributed by atoms with Gasteiger partial charge in [0, 0.05) is 6.04 Å². The third-order valence-electron chi connectivity index (χ3n) is 1.33. The Morgan fingerprint density at radius 1 is 1.88 bits per heavy atom. The van der Waals surface area contributed by atoms with Crippen molar-refractivity contribution in [2.45, 2.75) is 25.4 Å². The van der Waals surface area contributed by atoms with E-state index in [0.717, 1.165) is 6.42 Å². The number of carbonyl (C=O) groups is 1. The van der Waals surface area contributed by atoms with Crippen molar-refractivity contribution in [2.75, 3.05) is 0 Å². The van der Waals surface area contributed by atoms with Crippen LogP contribution in [0.3, 0.4) is 0 Å². The Labute approximate surface area is 48.2 Å². The van der Waals surface area contributed by atoms with Crippen LogP contribution in [0, 0.1) is 0 Å². The largest absolute Gasteiger partial charge is 0.352 e. The minimum Gasteiger partial charge on any atom is -0.352 e. The second kappa shape index (κ2) is 1.74. The van der Waals surface area contributed by atoms with E-state index in [1.165, 1.54) is 0 Å². The molecule has 3 nitrogen and oxygen atoms in total. The maximum atomic E-state index is 10.5. The van der Waals surface area contributed by atoms with E-state index < -0.39 is 0 Å². The quantitative estimate of drug-likeness (QED) is 0.434. The van der Waals surface area contributed by atoms with Gasteiger partial charge >= 0.3 is 0 Å². The number of amides is 1. The summed E-state index contributed by atoms with van der Waals surface area (Å²) in [7, 11) is 0. The average molecular weight is 114 g/mol. The Balaban J connectivity index is 2.51. The number of carbonyl (C=O) groups excluding carboxylic acids is 1. The third-order valence-corrected chi connectivity index (χ3v) is 1.33. The van der Waals surface area contributed by atoms with Crippen molar-refractivity contribution in [3.63, 3.8) is 0 Å². The third kappa shape index (κ3) is 0.816. The Morgan fingerprint density at radius 2 is 2.50 bits per heavy atom. The molecule has 3 heteroatoms. The van der Waals surface area contributed by atoms with Crippen molar-refractivity contribution in [1.82, 2.24) is 5.32 Å². The van der Waals surface area contributed by atoms with Gasteiger partial charge in [-0.1, -0.05) is 0 Å². The summed E-state index contributed by atoms with van der Waals surface area (Å²) < 4.78 is 0. The summed E-state index contributed by atoms with van der Waals surface area (Å²) in [6.45, 7) is 1.95. The molecule has 1 saturated heterocycles. The van der Waals surface area contributed by atoms with E-state index in [2.05, 4.69) is 5.32 Å². The van der Waals surface area contributed by atoms with Crippen LogP contribution in [0.25, 0.3) is 0 Å². The molecule has 0 bridgehead atoms. The zero-order chi connectivity index (χ0) is 6.15. The highest BCUT2D eigenvalue weighted by atomic mass is 16.2. The molecule has 46 valence electrons. The number of nitrogens with two attached hydrogens (primary N) is 1. The molecule has 0 aliphatic carbocycles. The minimum absolute atomic E-state index is 0.0162. The van der Waals surface area contributed by atoms with Crippen LogP contribution in [0.4, 0.5) is 0 Å². The van der Waals surface area contributed by atoms with Gasteiger partial charge < -0.3 is 11.1 Å². The zero-order valence-corrected chi connectivity index (χ0v) is 4.85. The molecule has 3 N–H and O–H groups in total. The molecule has 1 amide bonds. The number of nitrogens with one attached hydrogen (secondary N) is 1. The van der Waals surface area contributed by atoms with Gasteiger partial charge in [-0.3, -0.25) is 4.79 Å². The van der Waals surface area contributed by atoms with Crippen molar-refractivity contribution in [3.8, 4) is 0 Å². The van der Waals surface area contributed by atoms with Crippen molar-refractivity contribution in [3.05, 3.63) is 0 Å². The van der Waals surface area contributed by atoms with Gasteiger partial charge in [0.2, 0.25) is 5.91 Å². The van der Waals surface area contributed by atoms with E-state index in [9.17, 15) is 4.79 Å². The van der Waals surface area contributed by atoms with E-state index in [1.54, 1.807) is 0 Å². The van der Waals surface area contributed by atoms with Crippen LogP contribution in [0.5, 0.6) is 0 Å². The summed E-state index contributed by atoms with van der Waals surface area (Å²) in [6, 6.07) is 0.0162. The predicted molar refractivity (Wildman–Crippen MR) is 30.2 cm³/mol. The molecule has 0 aromatic rings. The summed E-state index contributed by atoms with van der Waals surface area (Å²) in [5, 5.41) is 2.70. The standard InChI is InChI=1S/C5H10N2O/c1-3-2-4(6)5(8)7-3/h3-4H,2,6H2,1H3,(H,7,8)/t3-,4-/m1/s1. The lowest BCUT2D eigenvalue weighted by atomic mass is 10.2. The normalized spacial score (nSPS) is 37.5. The Bertz CT molecular complexity index is 113. The van der Waals surface area contributed by atoms with E-state index in [1.807, 2.05) is 6.92 Å². The fourth-order valence-electron chi connectivity index (χ4n) is 0.897. The lowest BCUT2D eigenvalue weighted by molar-refractivity contribution is -0.120. The van der Waals surface area contributed by atoms with Gasteiger partial charge in [0.25, 0.3) is 0 Å². The van der Waals surface area contributed by atoms with Crippen molar-refractivity contribution in [1.29, 1.82) is 0 Å². The molecule has 1 heterocycles. The monoisotopic (exact) mass is 114 g/mol. The fourth-order valence-corrected chi connectivity index (χ4v) is 0.897. The molecular weight excluding hydrogens is 104 g/mol. The van der Waals surface area contributed by atoms with Crippen LogP contribution in [-0.2, 0) is 4.79 Å². The second-order valence-corrected chi connectivity index (χ2v) is 2.25. The zero-order valence-electron chi connectivity index (χ0n) is 4.85. The molecule has 0 unspecified atom stereocenters. The van der Waals surface area contributed by atoms with Gasteiger partial charge in [-0.25, -0.2) is 0 Å². The molecule has 1 fully saturated rings. The van der Waals surface area contributed by atoms with Gasteiger partial charge in [0.1, 0.15) is 0 Å². The number of rotatable bonds is 0. The topological polar surface area (TPSA) is 55.1 Å². The maximum absolute atomic E-state index is 10.5. The first kappa shape index (κ1) is 5.56. The first-order valence-corrected chi connectivity index (χ1v) is 2.76. The van der Waals surface area contributed by atoms with Crippen molar-refractivity contribution in [2.24, 2.45) is 5.73 Å². The van der Waals surface area contributed by atoms with Gasteiger partial charge in [0.15, 0.2) is 0 Å². The molecule has 1 rings (SSSR count). The molecular formula is C5H10N2O. The molecule has 0 aromatic heterocycles. The van der Waals surface area contributed by atoms with E-state index in [0.29, 0.717) is 0 Å². The predicted octanol–water partition coefficient (Wildman–Crippen LogP) is -0.778. The molecule has 1 aliphatic heterocycles. The second-order valence-electron chi connectivity index (χ2n) is 2.25. The highest BCUT2D eigenvalue weighted by Crippen LogP contribution is 2.03.